The van der Waals surface area contributed by atoms with Gasteiger partial charge in [0.2, 0.25) is 0 Å². The Morgan fingerprint density at radius 1 is 1.06 bits per heavy atom. The summed E-state index contributed by atoms with van der Waals surface area (Å²) in [5.41, 5.74) is -0.107. The molecule has 4 rings (SSSR count). The number of carbonyl (C=O) groups excluding carboxylic acids is 1. The molecule has 1 N–H and O–H groups in total. The van der Waals surface area contributed by atoms with E-state index >= 15 is 0 Å². The van der Waals surface area contributed by atoms with E-state index in [1.165, 1.54) is 34.9 Å². The van der Waals surface area contributed by atoms with E-state index in [4.69, 9.17) is 9.47 Å². The number of ether oxygens (including phenoxy) is 2. The lowest BCUT2D eigenvalue weighted by molar-refractivity contribution is 0.0955. The average Bonchev–Trinajstić information content (AvgIpc) is 3.31. The normalized spacial score (nSPS) is 10.9. The third-order valence-electron chi connectivity index (χ3n) is 5.24. The van der Waals surface area contributed by atoms with Crippen molar-refractivity contribution < 1.29 is 18.7 Å². The molecule has 34 heavy (non-hydrogen) atoms. The van der Waals surface area contributed by atoms with Crippen molar-refractivity contribution in [2.75, 3.05) is 13.7 Å². The second kappa shape index (κ2) is 9.92. The molecule has 10 heteroatoms. The fraction of sp³-hybridized carbons (Fsp3) is 0.208. The van der Waals surface area contributed by atoms with Crippen molar-refractivity contribution in [1.82, 2.24) is 14.5 Å². The standard InChI is InChI=1S/C24H22FN3O5S/c1-27-23-19(13-20(34-23)21(29)26-14-15-3-7-17(32-2)8-4-15)22(30)28(24(27)31)11-12-33-18-9-5-16(25)6-10-18/h3-10,13H,11-12,14H2,1-2H3,(H,26,29). The molecule has 0 aliphatic carbocycles. The van der Waals surface area contributed by atoms with Gasteiger partial charge in [-0.1, -0.05) is 12.1 Å². The number of hydrogen-bond acceptors (Lipinski definition) is 6. The molecule has 0 aliphatic rings. The third-order valence-corrected chi connectivity index (χ3v) is 6.45. The van der Waals surface area contributed by atoms with Crippen LogP contribution in [-0.2, 0) is 20.1 Å². The molecule has 2 heterocycles. The Morgan fingerprint density at radius 2 is 1.74 bits per heavy atom. The van der Waals surface area contributed by atoms with Crippen LogP contribution in [0.25, 0.3) is 10.2 Å². The van der Waals surface area contributed by atoms with E-state index in [0.717, 1.165) is 27.2 Å². The highest BCUT2D eigenvalue weighted by atomic mass is 32.1. The zero-order chi connectivity index (χ0) is 24.2. The molecule has 0 aliphatic heterocycles. The van der Waals surface area contributed by atoms with E-state index in [9.17, 15) is 18.8 Å². The number of methoxy groups -OCH3 is 1. The highest BCUT2D eigenvalue weighted by molar-refractivity contribution is 7.20. The Labute approximate surface area is 197 Å². The van der Waals surface area contributed by atoms with Crippen LogP contribution in [0.5, 0.6) is 11.5 Å². The van der Waals surface area contributed by atoms with Gasteiger partial charge in [-0.15, -0.1) is 11.3 Å². The predicted molar refractivity (Wildman–Crippen MR) is 127 cm³/mol. The van der Waals surface area contributed by atoms with Crippen LogP contribution in [-0.4, -0.2) is 28.8 Å². The molecule has 0 saturated heterocycles. The number of rotatable bonds is 8. The number of fused-ring (bicyclic) bond motifs is 1. The summed E-state index contributed by atoms with van der Waals surface area (Å²) in [6, 6.07) is 14.3. The maximum atomic E-state index is 13.0. The van der Waals surface area contributed by atoms with Crippen LogP contribution in [0.3, 0.4) is 0 Å². The fourth-order valence-corrected chi connectivity index (χ4v) is 4.41. The van der Waals surface area contributed by atoms with E-state index in [1.54, 1.807) is 26.3 Å². The first-order valence-corrected chi connectivity index (χ1v) is 11.2. The number of thiophene rings is 1. The van der Waals surface area contributed by atoms with Gasteiger partial charge in [-0.3, -0.25) is 18.7 Å². The first kappa shape index (κ1) is 23.2. The van der Waals surface area contributed by atoms with E-state index in [-0.39, 0.29) is 30.3 Å². The Kier molecular flexibility index (Phi) is 6.78. The molecule has 4 aromatic rings. The summed E-state index contributed by atoms with van der Waals surface area (Å²) >= 11 is 1.08. The largest absolute Gasteiger partial charge is 0.497 e. The summed E-state index contributed by atoms with van der Waals surface area (Å²) in [6.45, 7) is 0.361. The zero-order valence-corrected chi connectivity index (χ0v) is 19.4. The fourth-order valence-electron chi connectivity index (χ4n) is 3.39. The van der Waals surface area contributed by atoms with Gasteiger partial charge < -0.3 is 14.8 Å². The number of amides is 1. The number of aromatic nitrogens is 2. The monoisotopic (exact) mass is 483 g/mol. The van der Waals surface area contributed by atoms with Crippen molar-refractivity contribution in [3.63, 3.8) is 0 Å². The molecule has 8 nitrogen and oxygen atoms in total. The van der Waals surface area contributed by atoms with Crippen LogP contribution >= 0.6 is 11.3 Å². The van der Waals surface area contributed by atoms with E-state index < -0.39 is 11.2 Å². The van der Waals surface area contributed by atoms with Crippen molar-refractivity contribution in [3.05, 3.63) is 91.7 Å². The SMILES string of the molecule is COc1ccc(CNC(=O)c2cc3c(=O)n(CCOc4ccc(F)cc4)c(=O)n(C)c3s2)cc1. The molecule has 176 valence electrons. The highest BCUT2D eigenvalue weighted by Crippen LogP contribution is 2.22. The van der Waals surface area contributed by atoms with Crippen molar-refractivity contribution in [3.8, 4) is 11.5 Å². The van der Waals surface area contributed by atoms with Crippen molar-refractivity contribution in [1.29, 1.82) is 0 Å². The average molecular weight is 484 g/mol. The Bertz CT molecular complexity index is 1440. The maximum Gasteiger partial charge on any atom is 0.331 e. The first-order valence-electron chi connectivity index (χ1n) is 10.4. The van der Waals surface area contributed by atoms with Gasteiger partial charge in [-0.2, -0.15) is 0 Å². The van der Waals surface area contributed by atoms with Gasteiger partial charge in [0.15, 0.2) is 0 Å². The molecule has 0 unspecified atom stereocenters. The number of nitrogens with zero attached hydrogens (tertiary/aromatic N) is 2. The number of benzene rings is 2. The Balaban J connectivity index is 1.50. The molecular formula is C24H22FN3O5S. The molecular weight excluding hydrogens is 461 g/mol. The lowest BCUT2D eigenvalue weighted by Gasteiger charge is -2.09. The number of hydrogen-bond donors (Lipinski definition) is 1. The first-order chi connectivity index (χ1) is 16.4. The molecule has 0 atom stereocenters. The molecule has 2 aromatic heterocycles. The minimum absolute atomic E-state index is 0.00761. The van der Waals surface area contributed by atoms with Crippen LogP contribution in [0.2, 0.25) is 0 Å². The van der Waals surface area contributed by atoms with Crippen LogP contribution in [0.4, 0.5) is 4.39 Å². The van der Waals surface area contributed by atoms with Gasteiger partial charge in [-0.25, -0.2) is 9.18 Å². The third kappa shape index (κ3) is 4.86. The summed E-state index contributed by atoms with van der Waals surface area (Å²) in [6.07, 6.45) is 0. The number of carbonyl (C=O) groups is 1. The van der Waals surface area contributed by atoms with Crippen LogP contribution in [0, 0.1) is 5.82 Å². The Morgan fingerprint density at radius 3 is 2.41 bits per heavy atom. The number of halogens is 1. The summed E-state index contributed by atoms with van der Waals surface area (Å²) in [4.78, 5) is 39.2. The summed E-state index contributed by atoms with van der Waals surface area (Å²) < 4.78 is 26.1. The van der Waals surface area contributed by atoms with E-state index in [0.29, 0.717) is 22.0 Å². The van der Waals surface area contributed by atoms with Crippen LogP contribution in [0.15, 0.2) is 64.2 Å². The molecule has 0 fully saturated rings. The smallest absolute Gasteiger partial charge is 0.331 e. The number of aryl methyl sites for hydroxylation is 1. The predicted octanol–water partition coefficient (Wildman–Crippen LogP) is 2.92. The molecule has 0 bridgehead atoms. The minimum Gasteiger partial charge on any atom is -0.497 e. The molecule has 0 radical (unpaired) electrons. The Hall–Kier alpha value is -3.92. The molecule has 0 spiro atoms. The summed E-state index contributed by atoms with van der Waals surface area (Å²) in [7, 11) is 3.13. The van der Waals surface area contributed by atoms with Gasteiger partial charge >= 0.3 is 5.69 Å². The highest BCUT2D eigenvalue weighted by Gasteiger charge is 2.18. The molecule has 1 amide bonds. The molecule has 2 aromatic carbocycles. The summed E-state index contributed by atoms with van der Waals surface area (Å²) in [5.74, 6) is 0.429. The quantitative estimate of drug-likeness (QED) is 0.416. The van der Waals surface area contributed by atoms with Crippen molar-refractivity contribution >= 4 is 27.5 Å². The van der Waals surface area contributed by atoms with Gasteiger partial charge in [-0.05, 0) is 48.0 Å². The van der Waals surface area contributed by atoms with Gasteiger partial charge in [0.1, 0.15) is 28.8 Å². The second-order valence-electron chi connectivity index (χ2n) is 7.46. The second-order valence-corrected chi connectivity index (χ2v) is 8.49. The minimum atomic E-state index is -0.507. The van der Waals surface area contributed by atoms with E-state index in [1.807, 2.05) is 12.1 Å². The molecule has 0 saturated carbocycles. The van der Waals surface area contributed by atoms with Crippen LogP contribution in [0.1, 0.15) is 15.2 Å². The maximum absolute atomic E-state index is 13.0. The lowest BCUT2D eigenvalue weighted by Crippen LogP contribution is -2.39. The van der Waals surface area contributed by atoms with Crippen LogP contribution < -0.4 is 26.0 Å². The van der Waals surface area contributed by atoms with Gasteiger partial charge in [0.05, 0.1) is 23.9 Å². The van der Waals surface area contributed by atoms with Gasteiger partial charge in [0.25, 0.3) is 11.5 Å². The lowest BCUT2D eigenvalue weighted by atomic mass is 10.2. The van der Waals surface area contributed by atoms with E-state index in [2.05, 4.69) is 5.32 Å². The number of nitrogens with one attached hydrogen (secondary N) is 1. The summed E-state index contributed by atoms with van der Waals surface area (Å²) in [5, 5.41) is 3.11. The zero-order valence-electron chi connectivity index (χ0n) is 18.5. The van der Waals surface area contributed by atoms with Gasteiger partial charge in [0, 0.05) is 13.6 Å². The topological polar surface area (TPSA) is 91.6 Å². The van der Waals surface area contributed by atoms with Crippen molar-refractivity contribution in [2.24, 2.45) is 7.05 Å². The van der Waals surface area contributed by atoms with Crippen molar-refractivity contribution in [2.45, 2.75) is 13.1 Å².